The Bertz CT molecular complexity index is 1370. The molecule has 12 heteroatoms. The van der Waals surface area contributed by atoms with Crippen LogP contribution in [0.25, 0.3) is 11.1 Å². The first-order valence-electron chi connectivity index (χ1n) is 13.1. The molecule has 0 saturated heterocycles. The number of anilines is 1. The molecule has 3 atom stereocenters. The maximum atomic E-state index is 13.6. The predicted octanol–water partition coefficient (Wildman–Crippen LogP) is 2.99. The number of carbonyl (C=O) groups excluding carboxylic acids is 2. The highest BCUT2D eigenvalue weighted by molar-refractivity contribution is 7.98. The summed E-state index contributed by atoms with van der Waals surface area (Å²) in [4.78, 5) is 50.0. The molecule has 0 aromatic heterocycles. The number of rotatable bonds is 12. The van der Waals surface area contributed by atoms with E-state index in [1.165, 1.54) is 53.0 Å². The summed E-state index contributed by atoms with van der Waals surface area (Å²) in [5, 5.41) is 17.7. The van der Waals surface area contributed by atoms with Gasteiger partial charge in [0.1, 0.15) is 12.1 Å². The fourth-order valence-corrected chi connectivity index (χ4v) is 5.37. The molecular weight excluding hydrogens is 550 g/mol. The Kier molecular flexibility index (Phi) is 10.9. The van der Waals surface area contributed by atoms with Gasteiger partial charge in [-0.25, -0.2) is 0 Å². The number of aryl methyl sites for hydroxylation is 1. The van der Waals surface area contributed by atoms with Gasteiger partial charge in [0, 0.05) is 12.5 Å². The normalized spacial score (nSPS) is 15.2. The van der Waals surface area contributed by atoms with E-state index in [9.17, 15) is 24.3 Å². The summed E-state index contributed by atoms with van der Waals surface area (Å²) < 4.78 is 17.0. The fourth-order valence-electron chi connectivity index (χ4n) is 4.89. The van der Waals surface area contributed by atoms with Crippen LogP contribution in [0.1, 0.15) is 43.9 Å². The average molecular weight is 588 g/mol. The van der Waals surface area contributed by atoms with E-state index < -0.39 is 35.4 Å². The number of benzene rings is 1. The molecule has 2 amide bonds. The smallest absolute Gasteiger partial charge is 0.325 e. The molecule has 1 aliphatic carbocycles. The zero-order valence-electron chi connectivity index (χ0n) is 24.1. The van der Waals surface area contributed by atoms with Crippen LogP contribution in [-0.2, 0) is 20.8 Å². The van der Waals surface area contributed by atoms with Gasteiger partial charge in [-0.2, -0.15) is 11.8 Å². The Morgan fingerprint density at radius 3 is 2.39 bits per heavy atom. The van der Waals surface area contributed by atoms with Crippen molar-refractivity contribution < 1.29 is 33.7 Å². The molecule has 4 N–H and O–H groups in total. The number of aliphatic carboxylic acids is 1. The number of carboxylic acid groups (broad SMARTS) is 1. The summed E-state index contributed by atoms with van der Waals surface area (Å²) >= 11 is 1.53. The SMILES string of the molecule is COc1cc2c(c(OC)c1OC)-c1ccc(NC(CCSC)C(=O)NC(C)C(=O)O)c(=O)cc1C(NC(C)=O)CC2. The molecule has 3 rings (SSSR count). The number of carboxylic acids is 1. The Labute approximate surface area is 243 Å². The molecule has 0 aliphatic heterocycles. The zero-order chi connectivity index (χ0) is 30.3. The summed E-state index contributed by atoms with van der Waals surface area (Å²) in [7, 11) is 4.57. The van der Waals surface area contributed by atoms with E-state index >= 15 is 0 Å². The minimum absolute atomic E-state index is 0.157. The molecule has 1 aliphatic rings. The number of nitrogens with one attached hydrogen (secondary N) is 3. The molecule has 2 aromatic rings. The van der Waals surface area contributed by atoms with Crippen LogP contribution in [0.15, 0.2) is 29.1 Å². The summed E-state index contributed by atoms with van der Waals surface area (Å²) in [5.41, 5.74) is 2.61. The van der Waals surface area contributed by atoms with Gasteiger partial charge in [0.05, 0.1) is 33.1 Å². The third-order valence-corrected chi connectivity index (χ3v) is 7.55. The molecule has 3 unspecified atom stereocenters. The molecule has 0 radical (unpaired) electrons. The predicted molar refractivity (Wildman–Crippen MR) is 158 cm³/mol. The van der Waals surface area contributed by atoms with Crippen molar-refractivity contribution in [2.75, 3.05) is 38.7 Å². The number of methoxy groups -OCH3 is 3. The first-order chi connectivity index (χ1) is 19.6. The van der Waals surface area contributed by atoms with Crippen molar-refractivity contribution in [3.8, 4) is 28.4 Å². The third-order valence-electron chi connectivity index (χ3n) is 6.90. The van der Waals surface area contributed by atoms with Crippen molar-refractivity contribution in [3.63, 3.8) is 0 Å². The lowest BCUT2D eigenvalue weighted by molar-refractivity contribution is -0.141. The van der Waals surface area contributed by atoms with Gasteiger partial charge in [-0.05, 0) is 73.1 Å². The second-order valence-corrected chi connectivity index (χ2v) is 10.6. The van der Waals surface area contributed by atoms with Gasteiger partial charge < -0.3 is 35.3 Å². The van der Waals surface area contributed by atoms with Gasteiger partial charge in [0.15, 0.2) is 11.5 Å². The topological polar surface area (TPSA) is 152 Å². The van der Waals surface area contributed by atoms with Crippen LogP contribution in [0.2, 0.25) is 0 Å². The molecule has 41 heavy (non-hydrogen) atoms. The number of hydrogen-bond donors (Lipinski definition) is 4. The molecule has 0 saturated carbocycles. The van der Waals surface area contributed by atoms with E-state index in [-0.39, 0.29) is 11.6 Å². The van der Waals surface area contributed by atoms with Crippen molar-refractivity contribution in [1.29, 1.82) is 0 Å². The maximum Gasteiger partial charge on any atom is 0.325 e. The quantitative estimate of drug-likeness (QED) is 0.292. The fraction of sp³-hybridized carbons (Fsp3) is 0.448. The summed E-state index contributed by atoms with van der Waals surface area (Å²) in [5.74, 6) is -0.00882. The van der Waals surface area contributed by atoms with E-state index in [0.29, 0.717) is 59.0 Å². The van der Waals surface area contributed by atoms with E-state index in [0.717, 1.165) is 5.56 Å². The van der Waals surface area contributed by atoms with Gasteiger partial charge >= 0.3 is 5.97 Å². The highest BCUT2D eigenvalue weighted by Gasteiger charge is 2.30. The molecule has 2 aromatic carbocycles. The second kappa shape index (κ2) is 14.1. The molecule has 0 bridgehead atoms. The van der Waals surface area contributed by atoms with Crippen LogP contribution in [-0.4, -0.2) is 68.3 Å². The van der Waals surface area contributed by atoms with Crippen LogP contribution >= 0.6 is 11.8 Å². The van der Waals surface area contributed by atoms with Gasteiger partial charge in [-0.3, -0.25) is 19.2 Å². The first-order valence-corrected chi connectivity index (χ1v) is 14.5. The second-order valence-electron chi connectivity index (χ2n) is 9.64. The number of thioether (sulfide) groups is 1. The number of amides is 2. The molecule has 222 valence electrons. The molecule has 11 nitrogen and oxygen atoms in total. The van der Waals surface area contributed by atoms with Crippen LogP contribution < -0.4 is 35.6 Å². The van der Waals surface area contributed by atoms with Crippen LogP contribution in [0.5, 0.6) is 17.2 Å². The summed E-state index contributed by atoms with van der Waals surface area (Å²) in [6, 6.07) is 4.27. The highest BCUT2D eigenvalue weighted by Crippen LogP contribution is 2.50. The number of fused-ring (bicyclic) bond motifs is 3. The van der Waals surface area contributed by atoms with E-state index in [4.69, 9.17) is 14.2 Å². The lowest BCUT2D eigenvalue weighted by atomic mass is 9.95. The maximum absolute atomic E-state index is 13.6. The molecule has 0 fully saturated rings. The van der Waals surface area contributed by atoms with Crippen molar-refractivity contribution in [1.82, 2.24) is 10.6 Å². The molecule has 0 heterocycles. The first kappa shape index (κ1) is 31.6. The van der Waals surface area contributed by atoms with E-state index in [1.807, 2.05) is 12.3 Å². The van der Waals surface area contributed by atoms with Gasteiger partial charge in [-0.1, -0.05) is 6.07 Å². The van der Waals surface area contributed by atoms with Crippen molar-refractivity contribution in [2.24, 2.45) is 0 Å². The lowest BCUT2D eigenvalue weighted by Crippen LogP contribution is -2.47. The van der Waals surface area contributed by atoms with Gasteiger partial charge in [0.25, 0.3) is 0 Å². The van der Waals surface area contributed by atoms with Crippen molar-refractivity contribution in [3.05, 3.63) is 45.6 Å². The monoisotopic (exact) mass is 587 g/mol. The summed E-state index contributed by atoms with van der Waals surface area (Å²) in [6.45, 7) is 2.80. The van der Waals surface area contributed by atoms with Crippen LogP contribution in [0.3, 0.4) is 0 Å². The minimum atomic E-state index is -1.16. The standard InChI is InChI=1S/C29H37N3O8S/c1-15(29(36)37)30-28(35)22(11-12-41-6)32-21-10-8-18-19(14-23(21)34)20(31-16(2)33)9-7-17-13-24(38-3)26(39-4)27(40-5)25(17)18/h8,10,13-15,20,22H,7,9,11-12H2,1-6H3,(H,30,35)(H,31,33)(H,32,34)(H,36,37). The largest absolute Gasteiger partial charge is 0.493 e. The Morgan fingerprint density at radius 1 is 1.10 bits per heavy atom. The summed E-state index contributed by atoms with van der Waals surface area (Å²) in [6.07, 6.45) is 3.33. The van der Waals surface area contributed by atoms with Crippen molar-refractivity contribution in [2.45, 2.75) is 51.2 Å². The van der Waals surface area contributed by atoms with Crippen LogP contribution in [0, 0.1) is 0 Å². The Hall–Kier alpha value is -3.93. The number of carbonyl (C=O) groups is 3. The van der Waals surface area contributed by atoms with Crippen molar-refractivity contribution >= 4 is 35.2 Å². The average Bonchev–Trinajstić information content (AvgIpc) is 3.18. The van der Waals surface area contributed by atoms with Gasteiger partial charge in [-0.15, -0.1) is 0 Å². The van der Waals surface area contributed by atoms with Crippen LogP contribution in [0.4, 0.5) is 5.69 Å². The lowest BCUT2D eigenvalue weighted by Gasteiger charge is -2.20. The Morgan fingerprint density at radius 2 is 1.80 bits per heavy atom. The molecule has 0 spiro atoms. The molecular formula is C29H37N3O8S. The third kappa shape index (κ3) is 7.24. The number of hydrogen-bond acceptors (Lipinski definition) is 9. The van der Waals surface area contributed by atoms with Gasteiger partial charge in [0.2, 0.25) is 23.0 Å². The highest BCUT2D eigenvalue weighted by atomic mass is 32.2. The zero-order valence-corrected chi connectivity index (χ0v) is 24.9. The number of ether oxygens (including phenoxy) is 3. The van der Waals surface area contributed by atoms with E-state index in [1.54, 1.807) is 12.1 Å². The van der Waals surface area contributed by atoms with E-state index in [2.05, 4.69) is 16.0 Å². The minimum Gasteiger partial charge on any atom is -0.493 e. The Balaban J connectivity index is 2.21.